The first-order chi connectivity index (χ1) is 16.7. The first-order valence-electron chi connectivity index (χ1n) is 10.5. The van der Waals surface area contributed by atoms with Crippen LogP contribution in [0.1, 0.15) is 35.8 Å². The molecule has 182 valence electrons. The van der Waals surface area contributed by atoms with Gasteiger partial charge in [0.15, 0.2) is 5.75 Å². The normalized spacial score (nSPS) is 11.3. The number of hydrogen-bond donors (Lipinski definition) is 3. The van der Waals surface area contributed by atoms with Crippen molar-refractivity contribution in [3.8, 4) is 17.2 Å². The fourth-order valence-electron chi connectivity index (χ4n) is 3.09. The number of rotatable bonds is 7. The SMILES string of the molecule is CCOC(=O)C(=O)Nc1cc(Cl)c(Oc2ccc(O)c(C(=O)N[C@H](C)c3ccccc3)c2)c(Cl)c1. The highest BCUT2D eigenvalue weighted by atomic mass is 35.5. The van der Waals surface area contributed by atoms with Crippen LogP contribution in [-0.4, -0.2) is 29.5 Å². The van der Waals surface area contributed by atoms with Crippen LogP contribution in [0.4, 0.5) is 5.69 Å². The summed E-state index contributed by atoms with van der Waals surface area (Å²) < 4.78 is 10.4. The Labute approximate surface area is 211 Å². The van der Waals surface area contributed by atoms with Gasteiger partial charge in [-0.2, -0.15) is 0 Å². The van der Waals surface area contributed by atoms with Crippen molar-refractivity contribution in [2.24, 2.45) is 0 Å². The van der Waals surface area contributed by atoms with Crippen LogP contribution in [0.2, 0.25) is 10.0 Å². The molecule has 1 atom stereocenters. The van der Waals surface area contributed by atoms with Gasteiger partial charge >= 0.3 is 11.9 Å². The number of phenolic OH excluding ortho intramolecular Hbond substituents is 1. The Bertz CT molecular complexity index is 1230. The molecule has 0 aliphatic heterocycles. The molecule has 8 nitrogen and oxygen atoms in total. The van der Waals surface area contributed by atoms with E-state index in [1.54, 1.807) is 6.92 Å². The van der Waals surface area contributed by atoms with E-state index in [4.69, 9.17) is 27.9 Å². The average molecular weight is 517 g/mol. The summed E-state index contributed by atoms with van der Waals surface area (Å²) in [5.41, 5.74) is 1.06. The number of nitrogens with one attached hydrogen (secondary N) is 2. The Morgan fingerprint density at radius 1 is 1.00 bits per heavy atom. The third kappa shape index (κ3) is 6.65. The van der Waals surface area contributed by atoms with Crippen molar-refractivity contribution >= 4 is 46.7 Å². The van der Waals surface area contributed by atoms with E-state index in [2.05, 4.69) is 15.4 Å². The van der Waals surface area contributed by atoms with E-state index >= 15 is 0 Å². The van der Waals surface area contributed by atoms with Gasteiger partial charge in [-0.1, -0.05) is 53.5 Å². The van der Waals surface area contributed by atoms with Crippen molar-refractivity contribution in [3.05, 3.63) is 81.8 Å². The lowest BCUT2D eigenvalue weighted by Gasteiger charge is -2.16. The zero-order chi connectivity index (χ0) is 25.5. The topological polar surface area (TPSA) is 114 Å². The zero-order valence-corrected chi connectivity index (χ0v) is 20.3. The number of ether oxygens (including phenoxy) is 2. The summed E-state index contributed by atoms with van der Waals surface area (Å²) in [6.45, 7) is 3.46. The van der Waals surface area contributed by atoms with Crippen molar-refractivity contribution in [2.45, 2.75) is 19.9 Å². The van der Waals surface area contributed by atoms with E-state index in [1.165, 1.54) is 30.3 Å². The van der Waals surface area contributed by atoms with Crippen molar-refractivity contribution in [1.29, 1.82) is 0 Å². The minimum absolute atomic E-state index is 0.00385. The molecule has 0 saturated carbocycles. The molecule has 0 aromatic heterocycles. The van der Waals surface area contributed by atoms with Gasteiger partial charge in [-0.15, -0.1) is 0 Å². The summed E-state index contributed by atoms with van der Waals surface area (Å²) >= 11 is 12.5. The van der Waals surface area contributed by atoms with Crippen LogP contribution in [0, 0.1) is 0 Å². The van der Waals surface area contributed by atoms with Crippen LogP contribution < -0.4 is 15.4 Å². The molecule has 0 heterocycles. The summed E-state index contributed by atoms with van der Waals surface area (Å²) in [6, 6.07) is 15.9. The van der Waals surface area contributed by atoms with E-state index in [0.29, 0.717) is 0 Å². The summed E-state index contributed by atoms with van der Waals surface area (Å²) in [5.74, 6) is -2.52. The first kappa shape index (κ1) is 25.9. The van der Waals surface area contributed by atoms with Gasteiger partial charge in [0.05, 0.1) is 28.3 Å². The fraction of sp³-hybridized carbons (Fsp3) is 0.160. The smallest absolute Gasteiger partial charge is 0.397 e. The predicted molar refractivity (Wildman–Crippen MR) is 132 cm³/mol. The van der Waals surface area contributed by atoms with Crippen LogP contribution in [0.5, 0.6) is 17.2 Å². The second kappa shape index (κ2) is 11.6. The van der Waals surface area contributed by atoms with Crippen molar-refractivity contribution in [2.75, 3.05) is 11.9 Å². The summed E-state index contributed by atoms with van der Waals surface area (Å²) in [5, 5.41) is 15.5. The number of carbonyl (C=O) groups is 3. The van der Waals surface area contributed by atoms with Gasteiger partial charge in [-0.25, -0.2) is 4.79 Å². The van der Waals surface area contributed by atoms with E-state index in [1.807, 2.05) is 37.3 Å². The maximum Gasteiger partial charge on any atom is 0.397 e. The highest BCUT2D eigenvalue weighted by molar-refractivity contribution is 6.39. The number of halogens is 2. The summed E-state index contributed by atoms with van der Waals surface area (Å²) in [4.78, 5) is 36.1. The number of benzene rings is 3. The Balaban J connectivity index is 1.77. The van der Waals surface area contributed by atoms with Crippen LogP contribution in [-0.2, 0) is 14.3 Å². The lowest BCUT2D eigenvalue weighted by molar-refractivity contribution is -0.152. The molecule has 2 amide bonds. The molecule has 35 heavy (non-hydrogen) atoms. The average Bonchev–Trinajstić information content (AvgIpc) is 2.83. The van der Waals surface area contributed by atoms with Gasteiger partial charge in [-0.3, -0.25) is 9.59 Å². The third-order valence-electron chi connectivity index (χ3n) is 4.80. The molecule has 0 saturated heterocycles. The third-order valence-corrected chi connectivity index (χ3v) is 5.36. The van der Waals surface area contributed by atoms with E-state index in [0.717, 1.165) is 5.56 Å². The molecule has 0 bridgehead atoms. The number of amides is 2. The molecule has 3 N–H and O–H groups in total. The van der Waals surface area contributed by atoms with Crippen LogP contribution in [0.25, 0.3) is 0 Å². The minimum Gasteiger partial charge on any atom is -0.507 e. The number of phenols is 1. The summed E-state index contributed by atoms with van der Waals surface area (Å²) in [7, 11) is 0. The van der Waals surface area contributed by atoms with Crippen molar-refractivity contribution < 1.29 is 29.0 Å². The predicted octanol–water partition coefficient (Wildman–Crippen LogP) is 5.48. The van der Waals surface area contributed by atoms with Crippen LogP contribution in [0.15, 0.2) is 60.7 Å². The maximum absolute atomic E-state index is 12.8. The summed E-state index contributed by atoms with van der Waals surface area (Å²) in [6.07, 6.45) is 0. The number of anilines is 1. The molecule has 0 aliphatic rings. The molecule has 3 aromatic carbocycles. The molecular weight excluding hydrogens is 495 g/mol. The first-order valence-corrected chi connectivity index (χ1v) is 11.3. The molecule has 0 aliphatic carbocycles. The van der Waals surface area contributed by atoms with Gasteiger partial charge in [0.2, 0.25) is 0 Å². The number of carbonyl (C=O) groups excluding carboxylic acids is 3. The van der Waals surface area contributed by atoms with Gasteiger partial charge in [0.25, 0.3) is 5.91 Å². The van der Waals surface area contributed by atoms with Gasteiger partial charge in [0, 0.05) is 5.69 Å². The highest BCUT2D eigenvalue weighted by Crippen LogP contribution is 2.39. The standard InChI is InChI=1S/C25H22Cl2N2O6/c1-3-34-25(33)24(32)29-16-11-19(26)22(20(27)12-16)35-17-9-10-21(30)18(13-17)23(31)28-14(2)15-7-5-4-6-8-15/h4-14,30H,3H2,1-2H3,(H,28,31)(H,29,32)/t14-/m1/s1. The number of esters is 1. The van der Waals surface area contributed by atoms with E-state index in [-0.39, 0.29) is 51.2 Å². The minimum atomic E-state index is -1.04. The molecule has 0 fully saturated rings. The van der Waals surface area contributed by atoms with Crippen molar-refractivity contribution in [1.82, 2.24) is 5.32 Å². The van der Waals surface area contributed by atoms with Gasteiger partial charge < -0.3 is 25.2 Å². The quantitative estimate of drug-likeness (QED) is 0.282. The van der Waals surface area contributed by atoms with Gasteiger partial charge in [0.1, 0.15) is 11.5 Å². The lowest BCUT2D eigenvalue weighted by Crippen LogP contribution is -2.26. The Kier molecular flexibility index (Phi) is 8.57. The fourth-order valence-corrected chi connectivity index (χ4v) is 3.65. The molecule has 3 rings (SSSR count). The maximum atomic E-state index is 12.8. The molecule has 0 unspecified atom stereocenters. The zero-order valence-electron chi connectivity index (χ0n) is 18.8. The van der Waals surface area contributed by atoms with Crippen LogP contribution in [0.3, 0.4) is 0 Å². The Morgan fingerprint density at radius 3 is 2.29 bits per heavy atom. The van der Waals surface area contributed by atoms with Crippen molar-refractivity contribution in [3.63, 3.8) is 0 Å². The second-order valence-corrected chi connectivity index (χ2v) is 8.14. The monoisotopic (exact) mass is 516 g/mol. The van der Waals surface area contributed by atoms with E-state index < -0.39 is 17.8 Å². The highest BCUT2D eigenvalue weighted by Gasteiger charge is 2.19. The van der Waals surface area contributed by atoms with E-state index in [9.17, 15) is 19.5 Å². The number of hydrogen-bond acceptors (Lipinski definition) is 6. The van der Waals surface area contributed by atoms with Gasteiger partial charge in [-0.05, 0) is 49.7 Å². The number of aromatic hydroxyl groups is 1. The molecule has 0 radical (unpaired) electrons. The lowest BCUT2D eigenvalue weighted by atomic mass is 10.1. The molecule has 10 heteroatoms. The Morgan fingerprint density at radius 2 is 1.66 bits per heavy atom. The molecular formula is C25H22Cl2N2O6. The second-order valence-electron chi connectivity index (χ2n) is 7.33. The Hall–Kier alpha value is -3.75. The molecule has 0 spiro atoms. The largest absolute Gasteiger partial charge is 0.507 e. The molecule has 3 aromatic rings. The van der Waals surface area contributed by atoms with Crippen LogP contribution >= 0.6 is 23.2 Å².